The van der Waals surface area contributed by atoms with Crippen LogP contribution in [0.5, 0.6) is 0 Å². The predicted octanol–water partition coefficient (Wildman–Crippen LogP) is 5.78. The van der Waals surface area contributed by atoms with Gasteiger partial charge in [-0.1, -0.05) is 43.6 Å². The predicted molar refractivity (Wildman–Crippen MR) is 102 cm³/mol. The van der Waals surface area contributed by atoms with Gasteiger partial charge in [0, 0.05) is 11.5 Å². The maximum Gasteiger partial charge on any atom is 0.119 e. The molecule has 0 aromatic carbocycles. The van der Waals surface area contributed by atoms with Crippen LogP contribution in [0.4, 0.5) is 0 Å². The SMILES string of the molecule is C=C(C)[C@@H]1CCC(C)=C[C@H]1C1=CC(O)C=C(CCCCC)C=C1O. The molecule has 3 atom stereocenters. The van der Waals surface area contributed by atoms with Crippen LogP contribution in [0.2, 0.25) is 0 Å². The molecule has 2 nitrogen and oxygen atoms in total. The van der Waals surface area contributed by atoms with Crippen LogP contribution in [0.15, 0.2) is 58.9 Å². The molecular formula is C22H32O2. The number of hydrogen-bond donors (Lipinski definition) is 2. The molecule has 0 saturated heterocycles. The molecule has 0 bridgehead atoms. The zero-order chi connectivity index (χ0) is 17.7. The number of unbranched alkanes of at least 4 members (excludes halogenated alkanes) is 2. The first-order chi connectivity index (χ1) is 11.4. The average molecular weight is 328 g/mol. The Bertz CT molecular complexity index is 589. The van der Waals surface area contributed by atoms with Crippen molar-refractivity contribution in [1.82, 2.24) is 0 Å². The van der Waals surface area contributed by atoms with Gasteiger partial charge in [-0.15, -0.1) is 0 Å². The van der Waals surface area contributed by atoms with E-state index in [0.717, 1.165) is 42.4 Å². The summed E-state index contributed by atoms with van der Waals surface area (Å²) < 4.78 is 0. The highest BCUT2D eigenvalue weighted by Crippen LogP contribution is 2.40. The molecular weight excluding hydrogens is 296 g/mol. The van der Waals surface area contributed by atoms with E-state index in [2.05, 4.69) is 33.4 Å². The summed E-state index contributed by atoms with van der Waals surface area (Å²) in [5.74, 6) is 0.728. The summed E-state index contributed by atoms with van der Waals surface area (Å²) in [5, 5.41) is 21.1. The van der Waals surface area contributed by atoms with Gasteiger partial charge in [-0.3, -0.25) is 0 Å². The third-order valence-corrected chi connectivity index (χ3v) is 5.16. The van der Waals surface area contributed by atoms with Crippen molar-refractivity contribution >= 4 is 0 Å². The minimum Gasteiger partial charge on any atom is -0.508 e. The van der Waals surface area contributed by atoms with E-state index in [4.69, 9.17) is 0 Å². The van der Waals surface area contributed by atoms with Crippen LogP contribution in [0.3, 0.4) is 0 Å². The maximum absolute atomic E-state index is 10.7. The van der Waals surface area contributed by atoms with E-state index in [1.54, 1.807) is 0 Å². The van der Waals surface area contributed by atoms with Gasteiger partial charge in [0.2, 0.25) is 0 Å². The third-order valence-electron chi connectivity index (χ3n) is 5.16. The second-order valence-electron chi connectivity index (χ2n) is 7.37. The minimum absolute atomic E-state index is 0.102. The molecule has 2 aliphatic carbocycles. The normalized spacial score (nSPS) is 27.6. The van der Waals surface area contributed by atoms with Crippen molar-refractivity contribution in [3.63, 3.8) is 0 Å². The molecule has 1 unspecified atom stereocenters. The lowest BCUT2D eigenvalue weighted by molar-refractivity contribution is 0.267. The van der Waals surface area contributed by atoms with Crippen molar-refractivity contribution < 1.29 is 10.2 Å². The highest BCUT2D eigenvalue weighted by atomic mass is 16.3. The van der Waals surface area contributed by atoms with E-state index in [1.165, 1.54) is 18.4 Å². The topological polar surface area (TPSA) is 40.5 Å². The summed E-state index contributed by atoms with van der Waals surface area (Å²) in [6.07, 6.45) is 13.6. The van der Waals surface area contributed by atoms with Crippen molar-refractivity contribution in [3.8, 4) is 0 Å². The van der Waals surface area contributed by atoms with Gasteiger partial charge in [0.05, 0.1) is 6.10 Å². The van der Waals surface area contributed by atoms with E-state index in [9.17, 15) is 10.2 Å². The van der Waals surface area contributed by atoms with Crippen LogP contribution in [-0.4, -0.2) is 16.3 Å². The zero-order valence-electron chi connectivity index (χ0n) is 15.4. The second-order valence-corrected chi connectivity index (χ2v) is 7.37. The number of allylic oxidation sites excluding steroid dienone is 6. The van der Waals surface area contributed by atoms with Gasteiger partial charge in [-0.05, 0) is 69.2 Å². The lowest BCUT2D eigenvalue weighted by Gasteiger charge is -2.32. The van der Waals surface area contributed by atoms with E-state index in [-0.39, 0.29) is 5.92 Å². The number of rotatable bonds is 6. The van der Waals surface area contributed by atoms with Gasteiger partial charge in [-0.2, -0.15) is 0 Å². The Labute approximate surface area is 147 Å². The molecule has 0 spiro atoms. The summed E-state index contributed by atoms with van der Waals surface area (Å²) >= 11 is 0. The number of aliphatic hydroxyl groups is 2. The summed E-state index contributed by atoms with van der Waals surface area (Å²) in [5.41, 5.74) is 4.37. The third kappa shape index (κ3) is 4.73. The van der Waals surface area contributed by atoms with Gasteiger partial charge in [-0.25, -0.2) is 0 Å². The van der Waals surface area contributed by atoms with Crippen molar-refractivity contribution in [3.05, 3.63) is 58.9 Å². The Kier molecular flexibility index (Phi) is 6.68. The average Bonchev–Trinajstić information content (AvgIpc) is 2.65. The molecule has 24 heavy (non-hydrogen) atoms. The highest BCUT2D eigenvalue weighted by Gasteiger charge is 2.30. The molecule has 0 aliphatic heterocycles. The molecule has 0 amide bonds. The Balaban J connectivity index is 2.28. The lowest BCUT2D eigenvalue weighted by atomic mass is 9.73. The summed E-state index contributed by atoms with van der Waals surface area (Å²) in [4.78, 5) is 0. The maximum atomic E-state index is 10.7. The van der Waals surface area contributed by atoms with Gasteiger partial charge >= 0.3 is 0 Å². The largest absolute Gasteiger partial charge is 0.508 e. The molecule has 0 saturated carbocycles. The standard InChI is InChI=1S/C22H32O2/c1-5-6-7-8-17-12-18(23)14-21(22(24)13-17)20-11-16(4)9-10-19(20)15(2)3/h11-14,18-20,23-24H,2,5-10H2,1,3-4H3/t18?,19-,20+/m0/s1. The van der Waals surface area contributed by atoms with Gasteiger partial charge in [0.15, 0.2) is 0 Å². The molecule has 2 aliphatic rings. The number of hydrogen-bond acceptors (Lipinski definition) is 2. The van der Waals surface area contributed by atoms with Crippen molar-refractivity contribution in [1.29, 1.82) is 0 Å². The molecule has 2 N–H and O–H groups in total. The fourth-order valence-corrected chi connectivity index (χ4v) is 3.79. The fourth-order valence-electron chi connectivity index (χ4n) is 3.79. The van der Waals surface area contributed by atoms with Gasteiger partial charge in [0.1, 0.15) is 5.76 Å². The first-order valence-electron chi connectivity index (χ1n) is 9.26. The molecule has 0 fully saturated rings. The van der Waals surface area contributed by atoms with Crippen molar-refractivity contribution in [2.75, 3.05) is 0 Å². The van der Waals surface area contributed by atoms with Crippen LogP contribution >= 0.6 is 0 Å². The van der Waals surface area contributed by atoms with Crippen LogP contribution in [-0.2, 0) is 0 Å². The number of aliphatic hydroxyl groups excluding tert-OH is 2. The molecule has 0 aromatic rings. The van der Waals surface area contributed by atoms with Crippen LogP contribution in [0, 0.1) is 11.8 Å². The summed E-state index contributed by atoms with van der Waals surface area (Å²) in [6, 6.07) is 0. The van der Waals surface area contributed by atoms with E-state index < -0.39 is 6.10 Å². The Hall–Kier alpha value is -1.54. The summed E-state index contributed by atoms with van der Waals surface area (Å²) in [7, 11) is 0. The van der Waals surface area contributed by atoms with Crippen LogP contribution in [0.1, 0.15) is 59.3 Å². The van der Waals surface area contributed by atoms with E-state index in [0.29, 0.717) is 11.7 Å². The molecule has 0 radical (unpaired) electrons. The lowest BCUT2D eigenvalue weighted by Crippen LogP contribution is -2.22. The Morgan fingerprint density at radius 3 is 2.67 bits per heavy atom. The first-order valence-corrected chi connectivity index (χ1v) is 9.26. The smallest absolute Gasteiger partial charge is 0.119 e. The Morgan fingerprint density at radius 2 is 2.00 bits per heavy atom. The monoisotopic (exact) mass is 328 g/mol. The fraction of sp³-hybridized carbons (Fsp3) is 0.545. The first kappa shape index (κ1) is 18.8. The molecule has 0 heterocycles. The van der Waals surface area contributed by atoms with Crippen LogP contribution in [0.25, 0.3) is 0 Å². The van der Waals surface area contributed by atoms with Crippen molar-refractivity contribution in [2.45, 2.75) is 65.4 Å². The molecule has 0 aromatic heterocycles. The summed E-state index contributed by atoms with van der Waals surface area (Å²) in [6.45, 7) is 10.5. The minimum atomic E-state index is -0.640. The van der Waals surface area contributed by atoms with Crippen molar-refractivity contribution in [2.24, 2.45) is 11.8 Å². The molecule has 132 valence electrons. The van der Waals surface area contributed by atoms with E-state index >= 15 is 0 Å². The van der Waals surface area contributed by atoms with Crippen LogP contribution < -0.4 is 0 Å². The van der Waals surface area contributed by atoms with Gasteiger partial charge in [0.25, 0.3) is 0 Å². The Morgan fingerprint density at radius 1 is 1.25 bits per heavy atom. The molecule has 2 rings (SSSR count). The highest BCUT2D eigenvalue weighted by molar-refractivity contribution is 5.43. The second kappa shape index (κ2) is 8.53. The quantitative estimate of drug-likeness (QED) is 0.479. The van der Waals surface area contributed by atoms with Gasteiger partial charge < -0.3 is 10.2 Å². The molecule has 2 heteroatoms. The zero-order valence-corrected chi connectivity index (χ0v) is 15.4. The van der Waals surface area contributed by atoms with E-state index in [1.807, 2.05) is 18.2 Å².